The molecular formula is C7H5F2NO2. The van der Waals surface area contributed by atoms with E-state index in [0.29, 0.717) is 6.07 Å². The fraction of sp³-hybridized carbons (Fsp3) is 0. The lowest BCUT2D eigenvalue weighted by atomic mass is 10.2. The standard InChI is InChI=1S/C7H5F2NO2/c8-5-2-1-4(3-6(5)9)7(11)10-12/h1-3,12H,(H,10,11). The molecule has 0 aromatic heterocycles. The molecule has 0 saturated heterocycles. The monoisotopic (exact) mass is 173 g/mol. The van der Waals surface area contributed by atoms with Crippen LogP contribution in [0.15, 0.2) is 18.2 Å². The van der Waals surface area contributed by atoms with Gasteiger partial charge in [0.25, 0.3) is 5.91 Å². The van der Waals surface area contributed by atoms with Crippen LogP contribution in [0, 0.1) is 11.6 Å². The highest BCUT2D eigenvalue weighted by molar-refractivity contribution is 5.93. The number of hydrogen-bond donors (Lipinski definition) is 2. The first-order valence-electron chi connectivity index (χ1n) is 3.04. The van der Waals surface area contributed by atoms with E-state index >= 15 is 0 Å². The van der Waals surface area contributed by atoms with E-state index in [1.807, 2.05) is 0 Å². The molecule has 5 heteroatoms. The highest BCUT2D eigenvalue weighted by Gasteiger charge is 2.07. The Morgan fingerprint density at radius 1 is 1.33 bits per heavy atom. The number of rotatable bonds is 1. The summed E-state index contributed by atoms with van der Waals surface area (Å²) in [5.74, 6) is -3.05. The molecule has 0 fully saturated rings. The van der Waals surface area contributed by atoms with Gasteiger partial charge in [-0.1, -0.05) is 0 Å². The predicted octanol–water partition coefficient (Wildman–Crippen LogP) is 1.08. The summed E-state index contributed by atoms with van der Waals surface area (Å²) in [7, 11) is 0. The molecule has 1 aromatic carbocycles. The van der Waals surface area contributed by atoms with Gasteiger partial charge >= 0.3 is 0 Å². The Labute approximate surface area is 66.6 Å². The molecule has 0 unspecified atom stereocenters. The Morgan fingerprint density at radius 2 is 2.00 bits per heavy atom. The third-order valence-corrected chi connectivity index (χ3v) is 1.28. The number of carbonyl (C=O) groups excluding carboxylic acids is 1. The van der Waals surface area contributed by atoms with E-state index < -0.39 is 17.5 Å². The number of benzene rings is 1. The normalized spacial score (nSPS) is 9.58. The third-order valence-electron chi connectivity index (χ3n) is 1.28. The molecule has 0 saturated carbocycles. The first kappa shape index (κ1) is 8.61. The van der Waals surface area contributed by atoms with Crippen molar-refractivity contribution in [2.45, 2.75) is 0 Å². The van der Waals surface area contributed by atoms with Gasteiger partial charge in [-0.2, -0.15) is 0 Å². The largest absolute Gasteiger partial charge is 0.288 e. The lowest BCUT2D eigenvalue weighted by Gasteiger charge is -1.98. The van der Waals surface area contributed by atoms with Crippen molar-refractivity contribution in [3.63, 3.8) is 0 Å². The zero-order chi connectivity index (χ0) is 9.14. The van der Waals surface area contributed by atoms with Gasteiger partial charge < -0.3 is 0 Å². The molecule has 0 spiro atoms. The average Bonchev–Trinajstić information content (AvgIpc) is 2.08. The summed E-state index contributed by atoms with van der Waals surface area (Å²) in [6, 6.07) is 2.56. The van der Waals surface area contributed by atoms with Crippen molar-refractivity contribution >= 4 is 5.91 Å². The lowest BCUT2D eigenvalue weighted by molar-refractivity contribution is 0.0706. The second-order valence-corrected chi connectivity index (χ2v) is 2.07. The second-order valence-electron chi connectivity index (χ2n) is 2.07. The predicted molar refractivity (Wildman–Crippen MR) is 35.6 cm³/mol. The van der Waals surface area contributed by atoms with Crippen molar-refractivity contribution in [2.75, 3.05) is 0 Å². The van der Waals surface area contributed by atoms with Crippen LogP contribution in [0.5, 0.6) is 0 Å². The number of nitrogens with one attached hydrogen (secondary N) is 1. The van der Waals surface area contributed by atoms with Gasteiger partial charge in [0.1, 0.15) is 0 Å². The first-order valence-corrected chi connectivity index (χ1v) is 3.04. The second kappa shape index (κ2) is 3.27. The van der Waals surface area contributed by atoms with E-state index in [2.05, 4.69) is 0 Å². The van der Waals surface area contributed by atoms with Crippen molar-refractivity contribution in [3.05, 3.63) is 35.4 Å². The van der Waals surface area contributed by atoms with Gasteiger partial charge in [-0.05, 0) is 18.2 Å². The van der Waals surface area contributed by atoms with Crippen LogP contribution in [-0.4, -0.2) is 11.1 Å². The molecule has 12 heavy (non-hydrogen) atoms. The molecule has 0 aliphatic rings. The lowest BCUT2D eigenvalue weighted by Crippen LogP contribution is -2.18. The Morgan fingerprint density at radius 3 is 2.50 bits per heavy atom. The van der Waals surface area contributed by atoms with Crippen LogP contribution >= 0.6 is 0 Å². The van der Waals surface area contributed by atoms with Crippen LogP contribution < -0.4 is 5.48 Å². The van der Waals surface area contributed by atoms with Crippen LogP contribution in [0.3, 0.4) is 0 Å². The van der Waals surface area contributed by atoms with Gasteiger partial charge in [0.05, 0.1) is 0 Å². The summed E-state index contributed by atoms with van der Waals surface area (Å²) >= 11 is 0. The van der Waals surface area contributed by atoms with Gasteiger partial charge in [0.15, 0.2) is 11.6 Å². The smallest absolute Gasteiger partial charge is 0.274 e. The maximum atomic E-state index is 12.4. The van der Waals surface area contributed by atoms with E-state index in [4.69, 9.17) is 5.21 Å². The van der Waals surface area contributed by atoms with Crippen LogP contribution in [0.2, 0.25) is 0 Å². The summed E-state index contributed by atoms with van der Waals surface area (Å²) in [6.07, 6.45) is 0. The number of hydroxylamine groups is 1. The zero-order valence-corrected chi connectivity index (χ0v) is 5.84. The van der Waals surface area contributed by atoms with Crippen molar-refractivity contribution in [1.82, 2.24) is 5.48 Å². The highest BCUT2D eigenvalue weighted by atomic mass is 19.2. The van der Waals surface area contributed by atoms with Crippen molar-refractivity contribution in [1.29, 1.82) is 0 Å². The van der Waals surface area contributed by atoms with Crippen molar-refractivity contribution < 1.29 is 18.8 Å². The van der Waals surface area contributed by atoms with Gasteiger partial charge in [0.2, 0.25) is 0 Å². The minimum Gasteiger partial charge on any atom is -0.288 e. The summed E-state index contributed by atoms with van der Waals surface area (Å²) < 4.78 is 24.7. The molecule has 64 valence electrons. The van der Waals surface area contributed by atoms with Gasteiger partial charge in [0, 0.05) is 5.56 Å². The van der Waals surface area contributed by atoms with Gasteiger partial charge in [-0.25, -0.2) is 14.3 Å². The Hall–Kier alpha value is -1.49. The zero-order valence-electron chi connectivity index (χ0n) is 5.84. The van der Waals surface area contributed by atoms with Crippen molar-refractivity contribution in [3.8, 4) is 0 Å². The van der Waals surface area contributed by atoms with E-state index in [9.17, 15) is 13.6 Å². The molecule has 1 rings (SSSR count). The van der Waals surface area contributed by atoms with Crippen LogP contribution in [0.25, 0.3) is 0 Å². The van der Waals surface area contributed by atoms with E-state index in [1.54, 1.807) is 0 Å². The quantitative estimate of drug-likeness (QED) is 0.493. The van der Waals surface area contributed by atoms with Crippen molar-refractivity contribution in [2.24, 2.45) is 0 Å². The molecule has 1 amide bonds. The summed E-state index contributed by atoms with van der Waals surface area (Å²) in [5.41, 5.74) is 1.16. The topological polar surface area (TPSA) is 49.3 Å². The summed E-state index contributed by atoms with van der Waals surface area (Å²) in [5, 5.41) is 8.13. The molecule has 0 bridgehead atoms. The van der Waals surface area contributed by atoms with Crippen LogP contribution in [-0.2, 0) is 0 Å². The highest BCUT2D eigenvalue weighted by Crippen LogP contribution is 2.07. The van der Waals surface area contributed by atoms with E-state index in [-0.39, 0.29) is 5.56 Å². The molecule has 0 atom stereocenters. The first-order chi connectivity index (χ1) is 5.65. The fourth-order valence-electron chi connectivity index (χ4n) is 0.702. The van der Waals surface area contributed by atoms with Crippen LogP contribution in [0.4, 0.5) is 8.78 Å². The van der Waals surface area contributed by atoms with E-state index in [1.165, 1.54) is 5.48 Å². The van der Waals surface area contributed by atoms with Gasteiger partial charge in [-0.3, -0.25) is 10.0 Å². The fourth-order valence-corrected chi connectivity index (χ4v) is 0.702. The average molecular weight is 173 g/mol. The Bertz CT molecular complexity index is 314. The Balaban J connectivity index is 3.05. The third kappa shape index (κ3) is 1.57. The maximum Gasteiger partial charge on any atom is 0.274 e. The molecule has 0 aliphatic heterocycles. The summed E-state index contributed by atoms with van der Waals surface area (Å²) in [4.78, 5) is 10.6. The minimum absolute atomic E-state index is 0.142. The number of halogens is 2. The molecule has 1 aromatic rings. The van der Waals surface area contributed by atoms with Gasteiger partial charge in [-0.15, -0.1) is 0 Å². The number of carbonyl (C=O) groups is 1. The molecule has 0 heterocycles. The minimum atomic E-state index is -1.13. The molecule has 2 N–H and O–H groups in total. The Kier molecular flexibility index (Phi) is 2.35. The molecular weight excluding hydrogens is 168 g/mol. The number of amides is 1. The van der Waals surface area contributed by atoms with E-state index in [0.717, 1.165) is 12.1 Å². The molecule has 3 nitrogen and oxygen atoms in total. The maximum absolute atomic E-state index is 12.4. The van der Waals surface area contributed by atoms with Crippen LogP contribution in [0.1, 0.15) is 10.4 Å². The molecule has 0 radical (unpaired) electrons. The number of hydrogen-bond acceptors (Lipinski definition) is 2. The SMILES string of the molecule is O=C(NO)c1ccc(F)c(F)c1. The summed E-state index contributed by atoms with van der Waals surface area (Å²) in [6.45, 7) is 0. The molecule has 0 aliphatic carbocycles.